The quantitative estimate of drug-likeness (QED) is 0.277. The highest BCUT2D eigenvalue weighted by atomic mass is 16.4. The first kappa shape index (κ1) is 10.8. The molecule has 70 valence electrons. The summed E-state index contributed by atoms with van der Waals surface area (Å²) in [5, 5.41) is 11.7. The lowest BCUT2D eigenvalue weighted by Gasteiger charge is -1.95. The zero-order valence-corrected chi connectivity index (χ0v) is 6.94. The number of carboxylic acid groups (broad SMARTS) is 1. The molecule has 0 amide bonds. The van der Waals surface area contributed by atoms with Crippen molar-refractivity contribution in [2.45, 2.75) is 32.1 Å². The van der Waals surface area contributed by atoms with Crippen LogP contribution in [-0.4, -0.2) is 17.6 Å². The first-order valence-electron chi connectivity index (χ1n) is 4.00. The molecule has 0 saturated carbocycles. The molecule has 12 heavy (non-hydrogen) atoms. The normalized spacial score (nSPS) is 9.00. The molecule has 0 aliphatic rings. The second kappa shape index (κ2) is 7.88. The number of aliphatic carboxylic acids is 1. The maximum Gasteiger partial charge on any atom is 0.303 e. The van der Waals surface area contributed by atoms with Gasteiger partial charge in [0.1, 0.15) is 0 Å². The summed E-state index contributed by atoms with van der Waals surface area (Å²) in [6.07, 6.45) is 3.64. The topological polar surface area (TPSA) is 86.1 Å². The first-order valence-corrected chi connectivity index (χ1v) is 4.00. The van der Waals surface area contributed by atoms with E-state index in [1.54, 1.807) is 0 Å². The molecule has 0 aromatic heterocycles. The molecule has 0 bridgehead atoms. The first-order chi connectivity index (χ1) is 5.77. The van der Waals surface area contributed by atoms with Crippen molar-refractivity contribution in [3.63, 3.8) is 0 Å². The molecule has 0 heterocycles. The van der Waals surface area contributed by atoms with Crippen molar-refractivity contribution in [3.8, 4) is 0 Å². The van der Waals surface area contributed by atoms with Crippen molar-refractivity contribution < 1.29 is 11.3 Å². The molecule has 1 N–H and O–H groups in total. The van der Waals surface area contributed by atoms with E-state index < -0.39 is 5.97 Å². The maximum absolute atomic E-state index is 10.1. The van der Waals surface area contributed by atoms with Crippen LogP contribution in [0.15, 0.2) is 5.11 Å². The molecule has 0 saturated heterocycles. The van der Waals surface area contributed by atoms with Gasteiger partial charge in [-0.3, -0.25) is 4.79 Å². The zero-order chi connectivity index (χ0) is 9.23. The standard InChI is InChI=1S/C7H13N3O2.H2/c8-10-9-6-4-2-1-3-5-7(11)12;/h1-6H2,(H,11,12);1H. The molecular weight excluding hydrogens is 158 g/mol. The Labute approximate surface area is 72.5 Å². The average molecular weight is 173 g/mol. The van der Waals surface area contributed by atoms with E-state index in [-0.39, 0.29) is 7.85 Å². The van der Waals surface area contributed by atoms with E-state index in [0.29, 0.717) is 13.0 Å². The van der Waals surface area contributed by atoms with Gasteiger partial charge in [0.15, 0.2) is 0 Å². The fourth-order valence-electron chi connectivity index (χ4n) is 0.857. The third-order valence-electron chi connectivity index (χ3n) is 1.46. The largest absolute Gasteiger partial charge is 0.481 e. The Morgan fingerprint density at radius 2 is 2.08 bits per heavy atom. The lowest BCUT2D eigenvalue weighted by atomic mass is 10.1. The van der Waals surface area contributed by atoms with Crippen molar-refractivity contribution in [1.82, 2.24) is 0 Å². The van der Waals surface area contributed by atoms with Gasteiger partial charge >= 0.3 is 5.97 Å². The molecule has 0 spiro atoms. The number of rotatable bonds is 7. The molecule has 0 atom stereocenters. The van der Waals surface area contributed by atoms with Crippen molar-refractivity contribution in [2.24, 2.45) is 5.11 Å². The van der Waals surface area contributed by atoms with Gasteiger partial charge in [0.25, 0.3) is 0 Å². The van der Waals surface area contributed by atoms with Crippen molar-refractivity contribution in [2.75, 3.05) is 6.54 Å². The molecule has 0 unspecified atom stereocenters. The van der Waals surface area contributed by atoms with Gasteiger partial charge in [-0.15, -0.1) is 0 Å². The average Bonchev–Trinajstić information content (AvgIpc) is 2.02. The van der Waals surface area contributed by atoms with Crippen LogP contribution in [0.5, 0.6) is 0 Å². The van der Waals surface area contributed by atoms with Gasteiger partial charge in [0, 0.05) is 19.3 Å². The molecule has 0 rings (SSSR count). The predicted molar refractivity (Wildman–Crippen MR) is 46.8 cm³/mol. The second-order valence-corrected chi connectivity index (χ2v) is 2.51. The van der Waals surface area contributed by atoms with Crippen LogP contribution in [0.25, 0.3) is 10.4 Å². The number of nitrogens with zero attached hydrogens (tertiary/aromatic N) is 3. The molecule has 0 aliphatic heterocycles. The summed E-state index contributed by atoms with van der Waals surface area (Å²) in [6.45, 7) is 0.517. The molecule has 0 aromatic carbocycles. The molecule has 0 radical (unpaired) electrons. The highest BCUT2D eigenvalue weighted by Gasteiger charge is 1.95. The Morgan fingerprint density at radius 3 is 2.67 bits per heavy atom. The molecular formula is C7H15N3O2. The maximum atomic E-state index is 10.1. The summed E-state index contributed by atoms with van der Waals surface area (Å²) in [4.78, 5) is 12.7. The van der Waals surface area contributed by atoms with Crippen LogP contribution in [0.3, 0.4) is 0 Å². The summed E-state index contributed by atoms with van der Waals surface area (Å²) in [5.74, 6) is -0.745. The number of carbonyl (C=O) groups is 1. The van der Waals surface area contributed by atoms with E-state index in [1.807, 2.05) is 0 Å². The SMILES string of the molecule is [HH].[N-]=[N+]=NCCCCCCC(=O)O. The number of hydrogen-bond acceptors (Lipinski definition) is 2. The highest BCUT2D eigenvalue weighted by Crippen LogP contribution is 2.02. The number of hydrogen-bond donors (Lipinski definition) is 1. The Morgan fingerprint density at radius 1 is 1.42 bits per heavy atom. The molecule has 0 aromatic rings. The minimum Gasteiger partial charge on any atom is -0.481 e. The van der Waals surface area contributed by atoms with Gasteiger partial charge in [-0.25, -0.2) is 0 Å². The Bertz CT molecular complexity index is 175. The second-order valence-electron chi connectivity index (χ2n) is 2.51. The lowest BCUT2D eigenvalue weighted by Crippen LogP contribution is -1.93. The zero-order valence-electron chi connectivity index (χ0n) is 6.94. The lowest BCUT2D eigenvalue weighted by molar-refractivity contribution is -0.137. The van der Waals surface area contributed by atoms with Crippen molar-refractivity contribution in [1.29, 1.82) is 0 Å². The van der Waals surface area contributed by atoms with E-state index in [1.165, 1.54) is 0 Å². The van der Waals surface area contributed by atoms with Crippen LogP contribution in [0.2, 0.25) is 0 Å². The van der Waals surface area contributed by atoms with E-state index in [2.05, 4.69) is 10.0 Å². The highest BCUT2D eigenvalue weighted by molar-refractivity contribution is 5.66. The van der Waals surface area contributed by atoms with Gasteiger partial charge in [-0.05, 0) is 18.4 Å². The van der Waals surface area contributed by atoms with Crippen LogP contribution >= 0.6 is 0 Å². The fourth-order valence-corrected chi connectivity index (χ4v) is 0.857. The Hall–Kier alpha value is -1.22. The Balaban J connectivity index is 0. The third kappa shape index (κ3) is 8.78. The summed E-state index contributed by atoms with van der Waals surface area (Å²) < 4.78 is 0. The smallest absolute Gasteiger partial charge is 0.303 e. The molecule has 0 fully saturated rings. The van der Waals surface area contributed by atoms with Crippen molar-refractivity contribution >= 4 is 5.97 Å². The summed E-state index contributed by atoms with van der Waals surface area (Å²) in [5.41, 5.74) is 7.92. The van der Waals surface area contributed by atoms with E-state index in [4.69, 9.17) is 10.6 Å². The summed E-state index contributed by atoms with van der Waals surface area (Å²) in [7, 11) is 0. The van der Waals surface area contributed by atoms with Crippen LogP contribution < -0.4 is 0 Å². The number of carboxylic acids is 1. The van der Waals surface area contributed by atoms with E-state index in [0.717, 1.165) is 19.3 Å². The molecule has 5 nitrogen and oxygen atoms in total. The van der Waals surface area contributed by atoms with E-state index in [9.17, 15) is 4.79 Å². The van der Waals surface area contributed by atoms with Gasteiger partial charge in [-0.2, -0.15) is 0 Å². The van der Waals surface area contributed by atoms with Crippen LogP contribution in [0.4, 0.5) is 0 Å². The summed E-state index contributed by atoms with van der Waals surface area (Å²) in [6, 6.07) is 0. The van der Waals surface area contributed by atoms with Crippen LogP contribution in [0.1, 0.15) is 33.5 Å². The van der Waals surface area contributed by atoms with Crippen molar-refractivity contribution in [3.05, 3.63) is 10.4 Å². The minimum atomic E-state index is -0.745. The number of azide groups is 1. The molecule has 0 aliphatic carbocycles. The van der Waals surface area contributed by atoms with Gasteiger partial charge < -0.3 is 5.11 Å². The van der Waals surface area contributed by atoms with E-state index >= 15 is 0 Å². The van der Waals surface area contributed by atoms with Gasteiger partial charge in [0.05, 0.1) is 0 Å². The predicted octanol–water partition coefficient (Wildman–Crippen LogP) is 2.58. The number of unbranched alkanes of at least 4 members (excludes halogenated alkanes) is 3. The molecule has 5 heteroatoms. The third-order valence-corrected chi connectivity index (χ3v) is 1.46. The Kier molecular flexibility index (Phi) is 7.08. The fraction of sp³-hybridized carbons (Fsp3) is 0.857. The van der Waals surface area contributed by atoms with Crippen LogP contribution in [-0.2, 0) is 4.79 Å². The van der Waals surface area contributed by atoms with Crippen LogP contribution in [0, 0.1) is 0 Å². The summed E-state index contributed by atoms with van der Waals surface area (Å²) >= 11 is 0. The van der Waals surface area contributed by atoms with Gasteiger partial charge in [-0.1, -0.05) is 18.0 Å². The minimum absolute atomic E-state index is 0. The monoisotopic (exact) mass is 173 g/mol. The van der Waals surface area contributed by atoms with Gasteiger partial charge in [0.2, 0.25) is 0 Å².